The van der Waals surface area contributed by atoms with E-state index in [1.54, 1.807) is 0 Å². The number of hydrogen-bond donors (Lipinski definition) is 2. The highest BCUT2D eigenvalue weighted by atomic mass is 79.9. The molecule has 0 heterocycles. The fraction of sp³-hybridized carbons (Fsp3) is 0.333. The molecule has 0 radical (unpaired) electrons. The number of benzene rings is 2. The maximum Gasteiger partial charge on any atom is 0.0462 e. The molecule has 4 N–H and O–H groups in total. The van der Waals surface area contributed by atoms with Crippen LogP contribution in [0.1, 0.15) is 43.7 Å². The van der Waals surface area contributed by atoms with Crippen LogP contribution in [0.2, 0.25) is 0 Å². The molecule has 0 aromatic heterocycles. The fourth-order valence-corrected chi connectivity index (χ4v) is 3.48. The second-order valence-electron chi connectivity index (χ2n) is 6.86. The van der Waals surface area contributed by atoms with Gasteiger partial charge in [0, 0.05) is 16.1 Å². The summed E-state index contributed by atoms with van der Waals surface area (Å²) in [6.45, 7) is 8.25. The quantitative estimate of drug-likeness (QED) is 0.650. The third kappa shape index (κ3) is 4.79. The summed E-state index contributed by atoms with van der Waals surface area (Å²) in [7, 11) is 0. The highest BCUT2D eigenvalue weighted by molar-refractivity contribution is 9.10. The van der Waals surface area contributed by atoms with E-state index >= 15 is 0 Å². The average Bonchev–Trinajstić information content (AvgIpc) is 2.55. The Morgan fingerprint density at radius 1 is 1.12 bits per heavy atom. The van der Waals surface area contributed by atoms with Gasteiger partial charge in [-0.25, -0.2) is 0 Å². The van der Waals surface area contributed by atoms with Gasteiger partial charge in [-0.2, -0.15) is 0 Å². The van der Waals surface area contributed by atoms with E-state index in [0.717, 1.165) is 22.0 Å². The summed E-state index contributed by atoms with van der Waals surface area (Å²) in [6, 6.07) is 18.5. The molecule has 2 unspecified atom stereocenters. The molecule has 0 saturated heterocycles. The van der Waals surface area contributed by atoms with Crippen molar-refractivity contribution in [3.63, 3.8) is 0 Å². The zero-order valence-electron chi connectivity index (χ0n) is 14.5. The third-order valence-electron chi connectivity index (χ3n) is 4.60. The van der Waals surface area contributed by atoms with Crippen molar-refractivity contribution in [1.29, 1.82) is 0 Å². The lowest BCUT2D eigenvalue weighted by Crippen LogP contribution is -2.44. The molecule has 0 aliphatic heterocycles. The van der Waals surface area contributed by atoms with E-state index in [-0.39, 0.29) is 12.0 Å². The Hall–Kier alpha value is -1.42. The molecular weight excluding hydrogens is 360 g/mol. The molecule has 2 aromatic carbocycles. The van der Waals surface area contributed by atoms with E-state index in [4.69, 9.17) is 11.5 Å². The van der Waals surface area contributed by atoms with Crippen molar-refractivity contribution in [1.82, 2.24) is 0 Å². The Morgan fingerprint density at radius 2 is 1.71 bits per heavy atom. The van der Waals surface area contributed by atoms with Crippen molar-refractivity contribution in [3.8, 4) is 0 Å². The summed E-state index contributed by atoms with van der Waals surface area (Å²) in [5, 5.41) is 0. The monoisotopic (exact) mass is 386 g/mol. The van der Waals surface area contributed by atoms with E-state index in [1.807, 2.05) is 25.1 Å². The van der Waals surface area contributed by atoms with Crippen molar-refractivity contribution in [2.75, 3.05) is 0 Å². The van der Waals surface area contributed by atoms with Gasteiger partial charge in [-0.3, -0.25) is 0 Å². The molecular formula is C21H27BrN2. The molecule has 0 aliphatic carbocycles. The van der Waals surface area contributed by atoms with Crippen molar-refractivity contribution in [2.24, 2.45) is 11.5 Å². The van der Waals surface area contributed by atoms with Crippen LogP contribution < -0.4 is 11.5 Å². The van der Waals surface area contributed by atoms with Crippen LogP contribution in [0.25, 0.3) is 0 Å². The second kappa shape index (κ2) is 8.11. The first kappa shape index (κ1) is 18.9. The predicted molar refractivity (Wildman–Crippen MR) is 107 cm³/mol. The Kier molecular flexibility index (Phi) is 6.39. The lowest BCUT2D eigenvalue weighted by atomic mass is 9.77. The minimum atomic E-state index is -0.490. The topological polar surface area (TPSA) is 52.0 Å². The van der Waals surface area contributed by atoms with Crippen LogP contribution in [0.4, 0.5) is 0 Å². The number of nitrogens with two attached hydrogens (primary N) is 2. The predicted octanol–water partition coefficient (Wildman–Crippen LogP) is 5.09. The van der Waals surface area contributed by atoms with Gasteiger partial charge < -0.3 is 11.5 Å². The van der Waals surface area contributed by atoms with Gasteiger partial charge in [0.15, 0.2) is 0 Å². The van der Waals surface area contributed by atoms with Gasteiger partial charge in [0.05, 0.1) is 0 Å². The zero-order chi connectivity index (χ0) is 17.7. The molecule has 128 valence electrons. The van der Waals surface area contributed by atoms with Crippen LogP contribution >= 0.6 is 15.9 Å². The Balaban J connectivity index is 2.22. The van der Waals surface area contributed by atoms with Crippen molar-refractivity contribution in [2.45, 2.75) is 44.2 Å². The van der Waals surface area contributed by atoms with Gasteiger partial charge in [-0.05, 0) is 48.9 Å². The van der Waals surface area contributed by atoms with E-state index in [0.29, 0.717) is 6.42 Å². The van der Waals surface area contributed by atoms with E-state index < -0.39 is 5.54 Å². The summed E-state index contributed by atoms with van der Waals surface area (Å²) < 4.78 is 1.08. The van der Waals surface area contributed by atoms with Crippen LogP contribution in [0.15, 0.2) is 71.2 Å². The van der Waals surface area contributed by atoms with Crippen molar-refractivity contribution >= 4 is 15.9 Å². The molecule has 0 aliphatic rings. The Bertz CT molecular complexity index is 666. The van der Waals surface area contributed by atoms with Gasteiger partial charge in [-0.15, -0.1) is 6.58 Å². The van der Waals surface area contributed by atoms with Crippen LogP contribution in [0.3, 0.4) is 0 Å². The molecule has 0 amide bonds. The maximum atomic E-state index is 6.81. The van der Waals surface area contributed by atoms with Crippen LogP contribution in [0, 0.1) is 0 Å². The minimum Gasteiger partial charge on any atom is -0.327 e. The second-order valence-corrected chi connectivity index (χ2v) is 7.78. The SMILES string of the molecule is C=C(C)CC(N)(CC(N)[C@@H](C)c1ccc(Br)cc1)c1ccccc1. The molecule has 2 rings (SSSR count). The van der Waals surface area contributed by atoms with Crippen LogP contribution in [-0.2, 0) is 5.54 Å². The number of rotatable bonds is 7. The summed E-state index contributed by atoms with van der Waals surface area (Å²) >= 11 is 3.48. The summed E-state index contributed by atoms with van der Waals surface area (Å²) in [4.78, 5) is 0. The smallest absolute Gasteiger partial charge is 0.0462 e. The van der Waals surface area contributed by atoms with Crippen molar-refractivity contribution in [3.05, 3.63) is 82.3 Å². The normalized spacial score (nSPS) is 16.2. The summed E-state index contributed by atoms with van der Waals surface area (Å²) in [5.41, 5.74) is 16.3. The van der Waals surface area contributed by atoms with Crippen LogP contribution in [-0.4, -0.2) is 6.04 Å². The molecule has 3 atom stereocenters. The van der Waals surface area contributed by atoms with Gasteiger partial charge in [0.2, 0.25) is 0 Å². The first-order valence-electron chi connectivity index (χ1n) is 8.31. The van der Waals surface area contributed by atoms with Gasteiger partial charge >= 0.3 is 0 Å². The molecule has 2 aromatic rings. The zero-order valence-corrected chi connectivity index (χ0v) is 16.1. The largest absolute Gasteiger partial charge is 0.327 e. The first-order valence-corrected chi connectivity index (χ1v) is 9.11. The summed E-state index contributed by atoms with van der Waals surface area (Å²) in [5.74, 6) is 0.231. The van der Waals surface area contributed by atoms with Gasteiger partial charge in [0.1, 0.15) is 0 Å². The number of halogens is 1. The molecule has 0 saturated carbocycles. The lowest BCUT2D eigenvalue weighted by molar-refractivity contribution is 0.345. The fourth-order valence-electron chi connectivity index (χ4n) is 3.21. The highest BCUT2D eigenvalue weighted by Crippen LogP contribution is 2.33. The third-order valence-corrected chi connectivity index (χ3v) is 5.13. The molecule has 2 nitrogen and oxygen atoms in total. The highest BCUT2D eigenvalue weighted by Gasteiger charge is 2.31. The Morgan fingerprint density at radius 3 is 2.25 bits per heavy atom. The molecule has 24 heavy (non-hydrogen) atoms. The van der Waals surface area contributed by atoms with Gasteiger partial charge in [-0.1, -0.05) is 70.9 Å². The molecule has 3 heteroatoms. The maximum absolute atomic E-state index is 6.81. The lowest BCUT2D eigenvalue weighted by Gasteiger charge is -2.35. The molecule has 0 spiro atoms. The summed E-state index contributed by atoms with van der Waals surface area (Å²) in [6.07, 6.45) is 1.44. The van der Waals surface area contributed by atoms with Gasteiger partial charge in [0.25, 0.3) is 0 Å². The average molecular weight is 387 g/mol. The minimum absolute atomic E-state index is 0.0317. The van der Waals surface area contributed by atoms with E-state index in [9.17, 15) is 0 Å². The van der Waals surface area contributed by atoms with E-state index in [2.05, 4.69) is 65.8 Å². The Labute approximate surface area is 154 Å². The standard InChI is InChI=1S/C21H27BrN2/c1-15(2)13-21(24,18-7-5-4-6-8-18)14-20(23)16(3)17-9-11-19(22)12-10-17/h4-12,16,20H,1,13-14,23-24H2,2-3H3/t16-,20?,21?/m0/s1. The molecule has 0 bridgehead atoms. The molecule has 0 fully saturated rings. The first-order chi connectivity index (χ1) is 11.3. The number of hydrogen-bond acceptors (Lipinski definition) is 2. The van der Waals surface area contributed by atoms with E-state index in [1.165, 1.54) is 5.56 Å². The van der Waals surface area contributed by atoms with Crippen LogP contribution in [0.5, 0.6) is 0 Å². The van der Waals surface area contributed by atoms with Crippen molar-refractivity contribution < 1.29 is 0 Å².